The quantitative estimate of drug-likeness (QED) is 0.861. The Bertz CT molecular complexity index is 546. The predicted molar refractivity (Wildman–Crippen MR) is 77.6 cm³/mol. The molecule has 0 aromatic heterocycles. The van der Waals surface area contributed by atoms with Crippen molar-refractivity contribution in [2.45, 2.75) is 33.4 Å². The summed E-state index contributed by atoms with van der Waals surface area (Å²) in [5.74, 6) is -0.143. The van der Waals surface area contributed by atoms with Crippen LogP contribution >= 0.6 is 0 Å². The van der Waals surface area contributed by atoms with E-state index in [4.69, 9.17) is 0 Å². The number of nitrogens with one attached hydrogen (secondary N) is 1. The van der Waals surface area contributed by atoms with E-state index in [2.05, 4.69) is 43.4 Å². The van der Waals surface area contributed by atoms with Crippen LogP contribution in [0.15, 0.2) is 42.5 Å². The standard InChI is InChI=1S/C17H20FN/c1-12-4-7-16(8-5-12)14(3)19-11-15-6-9-17(18)13(2)10-15/h4-10,14,19H,11H2,1-3H3. The second-order valence-corrected chi connectivity index (χ2v) is 5.10. The van der Waals surface area contributed by atoms with Gasteiger partial charge in [0.15, 0.2) is 0 Å². The van der Waals surface area contributed by atoms with Gasteiger partial charge in [-0.05, 0) is 43.5 Å². The zero-order valence-electron chi connectivity index (χ0n) is 11.7. The number of rotatable bonds is 4. The van der Waals surface area contributed by atoms with Crippen LogP contribution in [0.4, 0.5) is 4.39 Å². The van der Waals surface area contributed by atoms with E-state index in [0.29, 0.717) is 5.56 Å². The van der Waals surface area contributed by atoms with Gasteiger partial charge in [0.1, 0.15) is 5.82 Å². The van der Waals surface area contributed by atoms with Gasteiger partial charge in [0.25, 0.3) is 0 Å². The third-order valence-electron chi connectivity index (χ3n) is 3.41. The summed E-state index contributed by atoms with van der Waals surface area (Å²) in [5, 5.41) is 3.46. The number of benzene rings is 2. The Labute approximate surface area is 114 Å². The number of halogens is 1. The molecule has 2 heteroatoms. The molecule has 2 aromatic rings. The van der Waals surface area contributed by atoms with Gasteiger partial charge in [-0.1, -0.05) is 42.0 Å². The normalized spacial score (nSPS) is 12.4. The Hall–Kier alpha value is -1.67. The third kappa shape index (κ3) is 3.65. The van der Waals surface area contributed by atoms with Crippen LogP contribution in [0.1, 0.15) is 35.2 Å². The molecular formula is C17H20FN. The molecule has 0 spiro atoms. The average Bonchev–Trinajstić information content (AvgIpc) is 2.40. The Morgan fingerprint density at radius 1 is 1.05 bits per heavy atom. The van der Waals surface area contributed by atoms with Crippen molar-refractivity contribution in [1.82, 2.24) is 5.32 Å². The van der Waals surface area contributed by atoms with Gasteiger partial charge in [0, 0.05) is 12.6 Å². The molecule has 1 N–H and O–H groups in total. The van der Waals surface area contributed by atoms with Gasteiger partial charge in [-0.2, -0.15) is 0 Å². The van der Waals surface area contributed by atoms with E-state index in [9.17, 15) is 4.39 Å². The SMILES string of the molecule is Cc1ccc(C(C)NCc2ccc(F)c(C)c2)cc1. The Kier molecular flexibility index (Phi) is 4.33. The van der Waals surface area contributed by atoms with Crippen LogP contribution in [0.5, 0.6) is 0 Å². The lowest BCUT2D eigenvalue weighted by Gasteiger charge is -2.15. The molecule has 100 valence electrons. The summed E-state index contributed by atoms with van der Waals surface area (Å²) in [6.45, 7) is 6.77. The largest absolute Gasteiger partial charge is 0.306 e. The summed E-state index contributed by atoms with van der Waals surface area (Å²) in [5.41, 5.74) is 4.34. The first-order valence-corrected chi connectivity index (χ1v) is 6.61. The van der Waals surface area contributed by atoms with Crippen LogP contribution in [0.3, 0.4) is 0 Å². The summed E-state index contributed by atoms with van der Waals surface area (Å²) in [6, 6.07) is 14.1. The molecule has 1 unspecified atom stereocenters. The number of aryl methyl sites for hydroxylation is 2. The molecule has 0 amide bonds. The summed E-state index contributed by atoms with van der Waals surface area (Å²) >= 11 is 0. The van der Waals surface area contributed by atoms with E-state index in [0.717, 1.165) is 12.1 Å². The van der Waals surface area contributed by atoms with Gasteiger partial charge < -0.3 is 5.32 Å². The molecule has 0 fully saturated rings. The van der Waals surface area contributed by atoms with E-state index in [1.54, 1.807) is 6.92 Å². The highest BCUT2D eigenvalue weighted by Gasteiger charge is 2.05. The maximum atomic E-state index is 13.2. The molecule has 0 bridgehead atoms. The lowest BCUT2D eigenvalue weighted by Crippen LogP contribution is -2.18. The summed E-state index contributed by atoms with van der Waals surface area (Å²) in [4.78, 5) is 0. The summed E-state index contributed by atoms with van der Waals surface area (Å²) in [6.07, 6.45) is 0. The zero-order valence-corrected chi connectivity index (χ0v) is 11.7. The van der Waals surface area contributed by atoms with Gasteiger partial charge in [0.2, 0.25) is 0 Å². The molecule has 19 heavy (non-hydrogen) atoms. The first-order valence-electron chi connectivity index (χ1n) is 6.61. The van der Waals surface area contributed by atoms with Crippen molar-refractivity contribution in [3.8, 4) is 0 Å². The molecule has 0 heterocycles. The molecule has 1 atom stereocenters. The van der Waals surface area contributed by atoms with Crippen molar-refractivity contribution in [3.63, 3.8) is 0 Å². The van der Waals surface area contributed by atoms with Gasteiger partial charge >= 0.3 is 0 Å². The minimum absolute atomic E-state index is 0.143. The maximum absolute atomic E-state index is 13.2. The van der Waals surface area contributed by atoms with E-state index >= 15 is 0 Å². The predicted octanol–water partition coefficient (Wildman–Crippen LogP) is 4.29. The molecule has 0 aliphatic carbocycles. The van der Waals surface area contributed by atoms with Gasteiger partial charge in [-0.3, -0.25) is 0 Å². The molecule has 2 aromatic carbocycles. The summed E-state index contributed by atoms with van der Waals surface area (Å²) < 4.78 is 13.2. The zero-order chi connectivity index (χ0) is 13.8. The molecule has 1 nitrogen and oxygen atoms in total. The second-order valence-electron chi connectivity index (χ2n) is 5.10. The summed E-state index contributed by atoms with van der Waals surface area (Å²) in [7, 11) is 0. The van der Waals surface area contributed by atoms with Crippen molar-refractivity contribution >= 4 is 0 Å². The molecule has 0 aliphatic rings. The average molecular weight is 257 g/mol. The van der Waals surface area contributed by atoms with Crippen molar-refractivity contribution in [2.75, 3.05) is 0 Å². The fourth-order valence-corrected chi connectivity index (χ4v) is 2.06. The maximum Gasteiger partial charge on any atom is 0.126 e. The van der Waals surface area contributed by atoms with Crippen LogP contribution in [-0.2, 0) is 6.54 Å². The van der Waals surface area contributed by atoms with Crippen LogP contribution in [-0.4, -0.2) is 0 Å². The van der Waals surface area contributed by atoms with E-state index < -0.39 is 0 Å². The topological polar surface area (TPSA) is 12.0 Å². The van der Waals surface area contributed by atoms with E-state index in [1.807, 2.05) is 12.1 Å². The highest BCUT2D eigenvalue weighted by Crippen LogP contribution is 2.15. The highest BCUT2D eigenvalue weighted by atomic mass is 19.1. The lowest BCUT2D eigenvalue weighted by molar-refractivity contribution is 0.572. The minimum Gasteiger partial charge on any atom is -0.306 e. The molecule has 0 saturated heterocycles. The fourth-order valence-electron chi connectivity index (χ4n) is 2.06. The number of hydrogen-bond donors (Lipinski definition) is 1. The molecule has 0 saturated carbocycles. The fraction of sp³-hybridized carbons (Fsp3) is 0.294. The second kappa shape index (κ2) is 5.98. The van der Waals surface area contributed by atoms with Gasteiger partial charge in [0.05, 0.1) is 0 Å². The van der Waals surface area contributed by atoms with E-state index in [-0.39, 0.29) is 11.9 Å². The Balaban J connectivity index is 1.98. The molecule has 0 radical (unpaired) electrons. The highest BCUT2D eigenvalue weighted by molar-refractivity contribution is 5.25. The van der Waals surface area contributed by atoms with Crippen molar-refractivity contribution in [1.29, 1.82) is 0 Å². The molecule has 0 aliphatic heterocycles. The monoisotopic (exact) mass is 257 g/mol. The lowest BCUT2D eigenvalue weighted by atomic mass is 10.1. The van der Waals surface area contributed by atoms with Crippen LogP contribution in [0, 0.1) is 19.7 Å². The van der Waals surface area contributed by atoms with Gasteiger partial charge in [-0.15, -0.1) is 0 Å². The third-order valence-corrected chi connectivity index (χ3v) is 3.41. The van der Waals surface area contributed by atoms with Crippen LogP contribution in [0.25, 0.3) is 0 Å². The van der Waals surface area contributed by atoms with Crippen molar-refractivity contribution in [3.05, 3.63) is 70.5 Å². The van der Waals surface area contributed by atoms with E-state index in [1.165, 1.54) is 17.2 Å². The Morgan fingerprint density at radius 2 is 1.74 bits per heavy atom. The minimum atomic E-state index is -0.143. The first kappa shape index (κ1) is 13.8. The van der Waals surface area contributed by atoms with Crippen molar-refractivity contribution < 1.29 is 4.39 Å². The Morgan fingerprint density at radius 3 is 2.37 bits per heavy atom. The smallest absolute Gasteiger partial charge is 0.126 e. The van der Waals surface area contributed by atoms with Crippen molar-refractivity contribution in [2.24, 2.45) is 0 Å². The van der Waals surface area contributed by atoms with Gasteiger partial charge in [-0.25, -0.2) is 4.39 Å². The van der Waals surface area contributed by atoms with Crippen LogP contribution in [0.2, 0.25) is 0 Å². The van der Waals surface area contributed by atoms with Crippen LogP contribution < -0.4 is 5.32 Å². The molecule has 2 rings (SSSR count). The first-order chi connectivity index (χ1) is 9.06. The molecular weight excluding hydrogens is 237 g/mol. The number of hydrogen-bond acceptors (Lipinski definition) is 1.